The maximum Gasteiger partial charge on any atom is 0.341 e. The molecule has 74 valence electrons. The van der Waals surface area contributed by atoms with Crippen LogP contribution in [0, 0.1) is 5.82 Å². The average molecular weight is 198 g/mol. The predicted molar refractivity (Wildman–Crippen MR) is 44.3 cm³/mol. The molecule has 5 heteroatoms. The normalized spacial score (nSPS) is 9.50. The Bertz CT molecular complexity index is 344. The van der Waals surface area contributed by atoms with Gasteiger partial charge in [0.25, 0.3) is 0 Å². The molecule has 0 radical (unpaired) electrons. The predicted octanol–water partition coefficient (Wildman–Crippen LogP) is 1.07. The fourth-order valence-electron chi connectivity index (χ4n) is 0.797. The lowest BCUT2D eigenvalue weighted by atomic mass is 10.2. The first-order chi connectivity index (χ1) is 6.59. The number of carbonyl (C=O) groups is 2. The summed E-state index contributed by atoms with van der Waals surface area (Å²) >= 11 is 0. The van der Waals surface area contributed by atoms with Gasteiger partial charge in [0.1, 0.15) is 5.82 Å². The van der Waals surface area contributed by atoms with Crippen molar-refractivity contribution in [2.45, 2.75) is 0 Å². The van der Waals surface area contributed by atoms with Crippen LogP contribution >= 0.6 is 0 Å². The third-order valence-electron chi connectivity index (χ3n) is 1.41. The van der Waals surface area contributed by atoms with Gasteiger partial charge in [0.2, 0.25) is 0 Å². The van der Waals surface area contributed by atoms with E-state index in [1.54, 1.807) is 0 Å². The number of hydrogen-bond acceptors (Lipinski definition) is 3. The number of ether oxygens (including phenoxy) is 1. The Morgan fingerprint density at radius 3 is 2.36 bits per heavy atom. The topological polar surface area (TPSA) is 63.6 Å². The van der Waals surface area contributed by atoms with E-state index in [2.05, 4.69) is 4.74 Å². The van der Waals surface area contributed by atoms with Crippen LogP contribution in [0.3, 0.4) is 0 Å². The van der Waals surface area contributed by atoms with Crippen LogP contribution in [0.1, 0.15) is 10.4 Å². The van der Waals surface area contributed by atoms with Crippen molar-refractivity contribution >= 4 is 11.9 Å². The maximum atomic E-state index is 12.4. The van der Waals surface area contributed by atoms with E-state index >= 15 is 0 Å². The smallest absolute Gasteiger partial charge is 0.341 e. The second-order valence-corrected chi connectivity index (χ2v) is 2.48. The van der Waals surface area contributed by atoms with Gasteiger partial charge >= 0.3 is 11.9 Å². The third kappa shape index (κ3) is 2.85. The Balaban J connectivity index is 2.61. The molecule has 0 aromatic heterocycles. The van der Waals surface area contributed by atoms with E-state index in [4.69, 9.17) is 5.11 Å². The molecule has 1 N–H and O–H groups in total. The zero-order valence-electron chi connectivity index (χ0n) is 7.07. The minimum Gasteiger partial charge on any atom is -0.479 e. The number of aliphatic carboxylic acids is 1. The van der Waals surface area contributed by atoms with Crippen molar-refractivity contribution in [3.63, 3.8) is 0 Å². The summed E-state index contributed by atoms with van der Waals surface area (Å²) in [7, 11) is 0. The quantitative estimate of drug-likeness (QED) is 0.738. The molecule has 0 heterocycles. The van der Waals surface area contributed by atoms with E-state index in [-0.39, 0.29) is 5.56 Å². The van der Waals surface area contributed by atoms with Crippen molar-refractivity contribution in [1.82, 2.24) is 0 Å². The summed E-state index contributed by atoms with van der Waals surface area (Å²) in [5, 5.41) is 8.22. The van der Waals surface area contributed by atoms with Crippen molar-refractivity contribution in [1.29, 1.82) is 0 Å². The van der Waals surface area contributed by atoms with Crippen LogP contribution in [0.15, 0.2) is 24.3 Å². The summed E-state index contributed by atoms with van der Waals surface area (Å²) in [4.78, 5) is 21.1. The van der Waals surface area contributed by atoms with Gasteiger partial charge in [-0.15, -0.1) is 0 Å². The third-order valence-corrected chi connectivity index (χ3v) is 1.41. The van der Waals surface area contributed by atoms with Crippen molar-refractivity contribution in [2.75, 3.05) is 6.61 Å². The Morgan fingerprint density at radius 2 is 1.86 bits per heavy atom. The van der Waals surface area contributed by atoms with E-state index in [9.17, 15) is 14.0 Å². The Labute approximate surface area is 78.9 Å². The van der Waals surface area contributed by atoms with Gasteiger partial charge in [0.05, 0.1) is 5.56 Å². The van der Waals surface area contributed by atoms with Crippen LogP contribution in [0.2, 0.25) is 0 Å². The van der Waals surface area contributed by atoms with Crippen LogP contribution in [0.5, 0.6) is 0 Å². The van der Waals surface area contributed by atoms with Crippen LogP contribution in [0.4, 0.5) is 4.39 Å². The van der Waals surface area contributed by atoms with Crippen molar-refractivity contribution in [2.24, 2.45) is 0 Å². The number of carboxylic acid groups (broad SMARTS) is 1. The Kier molecular flexibility index (Phi) is 3.17. The zero-order valence-corrected chi connectivity index (χ0v) is 7.07. The summed E-state index contributed by atoms with van der Waals surface area (Å²) in [5.41, 5.74) is 0.118. The van der Waals surface area contributed by atoms with Crippen LogP contribution < -0.4 is 0 Å². The minimum atomic E-state index is -1.24. The molecule has 0 unspecified atom stereocenters. The monoisotopic (exact) mass is 198 g/mol. The lowest BCUT2D eigenvalue weighted by Gasteiger charge is -2.00. The molecule has 1 aromatic rings. The molecular formula is C9H7FO4. The molecule has 0 aliphatic rings. The molecular weight excluding hydrogens is 191 g/mol. The van der Waals surface area contributed by atoms with Gasteiger partial charge in [0, 0.05) is 0 Å². The fraction of sp³-hybridized carbons (Fsp3) is 0.111. The molecule has 0 aliphatic heterocycles. The first-order valence-corrected chi connectivity index (χ1v) is 3.74. The van der Waals surface area contributed by atoms with E-state index in [0.29, 0.717) is 0 Å². The van der Waals surface area contributed by atoms with E-state index < -0.39 is 24.4 Å². The number of halogens is 1. The summed E-state index contributed by atoms with van der Waals surface area (Å²) in [5.74, 6) is -2.49. The molecule has 0 bridgehead atoms. The largest absolute Gasteiger partial charge is 0.479 e. The number of hydrogen-bond donors (Lipinski definition) is 1. The molecule has 0 spiro atoms. The minimum absolute atomic E-state index is 0.118. The first-order valence-electron chi connectivity index (χ1n) is 3.74. The van der Waals surface area contributed by atoms with Crippen molar-refractivity contribution < 1.29 is 23.8 Å². The summed E-state index contributed by atoms with van der Waals surface area (Å²) < 4.78 is 16.8. The Morgan fingerprint density at radius 1 is 1.29 bits per heavy atom. The summed E-state index contributed by atoms with van der Waals surface area (Å²) in [6.07, 6.45) is 0. The SMILES string of the molecule is O=C(O)COC(=O)c1ccc(F)cc1. The average Bonchev–Trinajstić information content (AvgIpc) is 2.15. The highest BCUT2D eigenvalue weighted by Gasteiger charge is 2.08. The molecule has 4 nitrogen and oxygen atoms in total. The van der Waals surface area contributed by atoms with Gasteiger partial charge in [-0.05, 0) is 24.3 Å². The molecule has 14 heavy (non-hydrogen) atoms. The molecule has 0 fully saturated rings. The van der Waals surface area contributed by atoms with Gasteiger partial charge in [0.15, 0.2) is 6.61 Å². The number of carboxylic acids is 1. The highest BCUT2D eigenvalue weighted by atomic mass is 19.1. The molecule has 1 aromatic carbocycles. The highest BCUT2D eigenvalue weighted by Crippen LogP contribution is 2.04. The lowest BCUT2D eigenvalue weighted by molar-refractivity contribution is -0.140. The highest BCUT2D eigenvalue weighted by molar-refractivity contribution is 5.90. The van der Waals surface area contributed by atoms with Gasteiger partial charge in [-0.3, -0.25) is 0 Å². The second kappa shape index (κ2) is 4.36. The van der Waals surface area contributed by atoms with E-state index in [1.807, 2.05) is 0 Å². The number of esters is 1. The lowest BCUT2D eigenvalue weighted by Crippen LogP contribution is -2.12. The van der Waals surface area contributed by atoms with Gasteiger partial charge in [-0.1, -0.05) is 0 Å². The van der Waals surface area contributed by atoms with Crippen LogP contribution in [0.25, 0.3) is 0 Å². The van der Waals surface area contributed by atoms with Gasteiger partial charge < -0.3 is 9.84 Å². The van der Waals surface area contributed by atoms with Crippen LogP contribution in [-0.2, 0) is 9.53 Å². The molecule has 0 aliphatic carbocycles. The second-order valence-electron chi connectivity index (χ2n) is 2.48. The number of carbonyl (C=O) groups excluding carboxylic acids is 1. The van der Waals surface area contributed by atoms with E-state index in [1.165, 1.54) is 12.1 Å². The molecule has 1 rings (SSSR count). The molecule has 0 saturated heterocycles. The zero-order chi connectivity index (χ0) is 10.6. The maximum absolute atomic E-state index is 12.4. The fourth-order valence-corrected chi connectivity index (χ4v) is 0.797. The van der Waals surface area contributed by atoms with Gasteiger partial charge in [-0.2, -0.15) is 0 Å². The molecule has 0 saturated carbocycles. The van der Waals surface area contributed by atoms with Crippen molar-refractivity contribution in [3.05, 3.63) is 35.6 Å². The molecule has 0 amide bonds. The molecule has 0 atom stereocenters. The van der Waals surface area contributed by atoms with E-state index in [0.717, 1.165) is 12.1 Å². The first kappa shape index (κ1) is 10.2. The standard InChI is InChI=1S/C9H7FO4/c10-7-3-1-6(2-4-7)9(13)14-5-8(11)12/h1-4H,5H2,(H,11,12). The van der Waals surface area contributed by atoms with Crippen LogP contribution in [-0.4, -0.2) is 23.7 Å². The number of rotatable bonds is 3. The van der Waals surface area contributed by atoms with Gasteiger partial charge in [-0.25, -0.2) is 14.0 Å². The number of benzene rings is 1. The van der Waals surface area contributed by atoms with Crippen molar-refractivity contribution in [3.8, 4) is 0 Å². The Hall–Kier alpha value is -1.91. The summed E-state index contributed by atoms with van der Waals surface area (Å²) in [6, 6.07) is 4.63. The summed E-state index contributed by atoms with van der Waals surface area (Å²) in [6.45, 7) is -0.698.